The van der Waals surface area contributed by atoms with Crippen molar-refractivity contribution in [2.24, 2.45) is 4.99 Å². The van der Waals surface area contributed by atoms with Gasteiger partial charge in [-0.15, -0.1) is 0 Å². The van der Waals surface area contributed by atoms with E-state index in [0.717, 1.165) is 24.7 Å². The van der Waals surface area contributed by atoms with Gasteiger partial charge in [-0.2, -0.15) is 0 Å². The highest BCUT2D eigenvalue weighted by atomic mass is 28.4. The lowest BCUT2D eigenvalue weighted by molar-refractivity contribution is 0.320. The van der Waals surface area contributed by atoms with Gasteiger partial charge >= 0.3 is 0 Å². The highest BCUT2D eigenvalue weighted by Crippen LogP contribution is 2.21. The largest absolute Gasteiger partial charge is 0.417 e. The number of aliphatic imine (C=N–C) groups is 1. The van der Waals surface area contributed by atoms with Gasteiger partial charge in [0.05, 0.1) is 6.54 Å². The molecule has 76 valence electrons. The number of carbonyl (C=O) groups excluding carboxylic acids is 1. The second-order valence-electron chi connectivity index (χ2n) is 3.05. The lowest BCUT2D eigenvalue weighted by atomic mass is 10.8. The van der Waals surface area contributed by atoms with Crippen LogP contribution in [0.2, 0.25) is 18.1 Å². The van der Waals surface area contributed by atoms with Gasteiger partial charge in [0.15, 0.2) is 8.32 Å². The molecule has 0 heterocycles. The first-order valence-electron chi connectivity index (χ1n) is 4.92. The molecule has 0 aromatic rings. The van der Waals surface area contributed by atoms with Crippen molar-refractivity contribution in [2.75, 3.05) is 13.2 Å². The second kappa shape index (κ2) is 7.01. The molecule has 0 bridgehead atoms. The number of rotatable bonds is 7. The summed E-state index contributed by atoms with van der Waals surface area (Å²) in [5, 5.41) is 0. The van der Waals surface area contributed by atoms with Crippen LogP contribution in [0.5, 0.6) is 0 Å². The monoisotopic (exact) mass is 201 g/mol. The topological polar surface area (TPSA) is 38.7 Å². The normalized spacial score (nSPS) is 11.0. The Hall–Kier alpha value is -0.443. The van der Waals surface area contributed by atoms with E-state index in [1.807, 2.05) is 6.92 Å². The van der Waals surface area contributed by atoms with Crippen LogP contribution in [-0.4, -0.2) is 27.5 Å². The van der Waals surface area contributed by atoms with E-state index in [1.165, 1.54) is 0 Å². The second-order valence-corrected chi connectivity index (χ2v) is 7.62. The minimum absolute atomic E-state index is 0.581. The van der Waals surface area contributed by atoms with Gasteiger partial charge in [-0.25, -0.2) is 9.79 Å². The van der Waals surface area contributed by atoms with Crippen LogP contribution in [-0.2, 0) is 9.22 Å². The number of hydrogen-bond acceptors (Lipinski definition) is 3. The average molecular weight is 201 g/mol. The lowest BCUT2D eigenvalue weighted by Crippen LogP contribution is -2.37. The zero-order valence-electron chi connectivity index (χ0n) is 8.80. The van der Waals surface area contributed by atoms with Crippen molar-refractivity contribution in [3.63, 3.8) is 0 Å². The molecule has 0 rings (SSSR count). The summed E-state index contributed by atoms with van der Waals surface area (Å²) in [4.78, 5) is 13.5. The van der Waals surface area contributed by atoms with Crippen molar-refractivity contribution in [3.8, 4) is 0 Å². The minimum atomic E-state index is -1.55. The molecule has 0 N–H and O–H groups in total. The summed E-state index contributed by atoms with van der Waals surface area (Å²) in [5.74, 6) is 0. The summed E-state index contributed by atoms with van der Waals surface area (Å²) in [5.41, 5.74) is 0. The summed E-state index contributed by atoms with van der Waals surface area (Å²) < 4.78 is 5.82. The zero-order chi connectivity index (χ0) is 10.2. The fourth-order valence-corrected chi connectivity index (χ4v) is 4.38. The van der Waals surface area contributed by atoms with E-state index in [1.54, 1.807) is 6.08 Å². The van der Waals surface area contributed by atoms with Crippen molar-refractivity contribution in [1.82, 2.24) is 0 Å². The van der Waals surface area contributed by atoms with Crippen LogP contribution in [0.3, 0.4) is 0 Å². The van der Waals surface area contributed by atoms with Gasteiger partial charge in [0.25, 0.3) is 0 Å². The molecular weight excluding hydrogens is 182 g/mol. The van der Waals surface area contributed by atoms with Crippen molar-refractivity contribution in [3.05, 3.63) is 0 Å². The smallest absolute Gasteiger partial charge is 0.234 e. The molecule has 0 aliphatic rings. The molecule has 0 spiro atoms. The lowest BCUT2D eigenvalue weighted by Gasteiger charge is -2.27. The Balaban J connectivity index is 4.11. The fourth-order valence-electron chi connectivity index (χ4n) is 1.49. The van der Waals surface area contributed by atoms with E-state index in [0.29, 0.717) is 6.54 Å². The third kappa shape index (κ3) is 4.36. The van der Waals surface area contributed by atoms with Crippen LogP contribution >= 0.6 is 0 Å². The van der Waals surface area contributed by atoms with Gasteiger partial charge in [-0.1, -0.05) is 13.8 Å². The predicted molar refractivity (Wildman–Crippen MR) is 56.1 cm³/mol. The van der Waals surface area contributed by atoms with Crippen LogP contribution in [0.15, 0.2) is 4.99 Å². The quantitative estimate of drug-likeness (QED) is 0.360. The van der Waals surface area contributed by atoms with Crippen molar-refractivity contribution in [1.29, 1.82) is 0 Å². The van der Waals surface area contributed by atoms with Gasteiger partial charge < -0.3 is 4.43 Å². The number of nitrogens with zero attached hydrogens (tertiary/aromatic N) is 1. The summed E-state index contributed by atoms with van der Waals surface area (Å²) in [6.07, 6.45) is 1.57. The van der Waals surface area contributed by atoms with Crippen molar-refractivity contribution in [2.45, 2.75) is 38.9 Å². The first-order valence-corrected chi connectivity index (χ1v) is 7.45. The predicted octanol–water partition coefficient (Wildman–Crippen LogP) is 2.34. The van der Waals surface area contributed by atoms with Crippen LogP contribution < -0.4 is 0 Å². The maximum Gasteiger partial charge on any atom is 0.234 e. The Bertz CT molecular complexity index is 174. The zero-order valence-corrected chi connectivity index (χ0v) is 9.80. The molecule has 0 unspecified atom stereocenters. The van der Waals surface area contributed by atoms with Crippen molar-refractivity contribution >= 4 is 14.4 Å². The maximum atomic E-state index is 9.91. The third-order valence-electron chi connectivity index (χ3n) is 2.48. The summed E-state index contributed by atoms with van der Waals surface area (Å²) in [6, 6.07) is 3.15. The maximum absolute atomic E-state index is 9.91. The Morgan fingerprint density at radius 2 is 1.92 bits per heavy atom. The first-order chi connectivity index (χ1) is 6.24. The van der Waals surface area contributed by atoms with E-state index in [2.05, 4.69) is 18.8 Å². The Labute approximate surface area is 81.3 Å². The van der Waals surface area contributed by atoms with E-state index >= 15 is 0 Å². The van der Waals surface area contributed by atoms with Crippen LogP contribution in [0, 0.1) is 0 Å². The van der Waals surface area contributed by atoms with Crippen LogP contribution in [0.4, 0.5) is 0 Å². The molecule has 0 amide bonds. The fraction of sp³-hybridized carbons (Fsp3) is 0.889. The third-order valence-corrected chi connectivity index (χ3v) is 7.10. The van der Waals surface area contributed by atoms with E-state index in [-0.39, 0.29) is 0 Å². The van der Waals surface area contributed by atoms with Gasteiger partial charge in [-0.05, 0) is 25.1 Å². The molecule has 0 aromatic carbocycles. The summed E-state index contributed by atoms with van der Waals surface area (Å²) in [6.45, 7) is 7.71. The molecule has 0 radical (unpaired) electrons. The minimum Gasteiger partial charge on any atom is -0.417 e. The summed E-state index contributed by atoms with van der Waals surface area (Å²) >= 11 is 0. The standard InChI is InChI=1S/C9H19NO2Si/c1-4-12-13(5-2,6-3)8-7-10-9-11/h4-8H2,1-3H3. The van der Waals surface area contributed by atoms with E-state index in [4.69, 9.17) is 4.43 Å². The molecule has 4 heteroatoms. The molecule has 0 aromatic heterocycles. The van der Waals surface area contributed by atoms with Gasteiger partial charge in [0.2, 0.25) is 6.08 Å². The molecule has 0 saturated carbocycles. The average Bonchev–Trinajstić information content (AvgIpc) is 2.17. The SMILES string of the molecule is CCO[Si](CC)(CC)CCN=C=O. The molecule has 0 aliphatic carbocycles. The molecule has 0 saturated heterocycles. The van der Waals surface area contributed by atoms with Gasteiger partial charge in [0.1, 0.15) is 0 Å². The highest BCUT2D eigenvalue weighted by Gasteiger charge is 2.29. The Morgan fingerprint density at radius 3 is 2.31 bits per heavy atom. The number of hydrogen-bond donors (Lipinski definition) is 0. The van der Waals surface area contributed by atoms with Crippen LogP contribution in [0.1, 0.15) is 20.8 Å². The molecule has 0 fully saturated rings. The number of isocyanates is 1. The highest BCUT2D eigenvalue weighted by molar-refractivity contribution is 6.73. The van der Waals surface area contributed by atoms with E-state index in [9.17, 15) is 4.79 Å². The van der Waals surface area contributed by atoms with Gasteiger partial charge in [-0.3, -0.25) is 0 Å². The molecule has 0 aliphatic heterocycles. The Kier molecular flexibility index (Phi) is 6.77. The summed E-state index contributed by atoms with van der Waals surface area (Å²) in [7, 11) is -1.55. The molecular formula is C9H19NO2Si. The molecule has 0 atom stereocenters. The first kappa shape index (κ1) is 12.6. The van der Waals surface area contributed by atoms with E-state index < -0.39 is 8.32 Å². The van der Waals surface area contributed by atoms with Crippen LogP contribution in [0.25, 0.3) is 0 Å². The van der Waals surface area contributed by atoms with Gasteiger partial charge in [0, 0.05) is 6.61 Å². The molecule has 13 heavy (non-hydrogen) atoms. The Morgan fingerprint density at radius 1 is 1.31 bits per heavy atom. The van der Waals surface area contributed by atoms with Crippen molar-refractivity contribution < 1.29 is 9.22 Å². The molecule has 3 nitrogen and oxygen atoms in total.